The molecule has 2 aromatic carbocycles. The Labute approximate surface area is 128 Å². The molecule has 1 nitrogen and oxygen atoms in total. The molecule has 0 heterocycles. The lowest BCUT2D eigenvalue weighted by atomic mass is 10.0. The Hall–Kier alpha value is -1.20. The van der Waals surface area contributed by atoms with E-state index in [2.05, 4.69) is 15.9 Å². The standard InChI is InChI=1S/C15H11BrF2OS/c1-20-10-4-2-9(3-5-10)14(19)8-11-13(17)7-6-12(16)15(11)18/h2-7H,8H2,1H3. The van der Waals surface area contributed by atoms with E-state index < -0.39 is 11.6 Å². The number of rotatable bonds is 4. The average molecular weight is 357 g/mol. The Morgan fingerprint density at radius 3 is 2.40 bits per heavy atom. The van der Waals surface area contributed by atoms with Crippen molar-refractivity contribution in [3.63, 3.8) is 0 Å². The number of benzene rings is 2. The second kappa shape index (κ2) is 6.50. The maximum Gasteiger partial charge on any atom is 0.167 e. The summed E-state index contributed by atoms with van der Waals surface area (Å²) in [6.07, 6.45) is 1.64. The van der Waals surface area contributed by atoms with Crippen molar-refractivity contribution in [2.75, 3.05) is 6.26 Å². The monoisotopic (exact) mass is 356 g/mol. The van der Waals surface area contributed by atoms with E-state index in [0.717, 1.165) is 11.0 Å². The molecule has 0 unspecified atom stereocenters. The molecule has 0 aliphatic carbocycles. The first-order valence-electron chi connectivity index (χ1n) is 5.82. The van der Waals surface area contributed by atoms with Gasteiger partial charge in [-0.3, -0.25) is 4.79 Å². The normalized spacial score (nSPS) is 10.6. The minimum absolute atomic E-state index is 0.152. The van der Waals surface area contributed by atoms with Gasteiger partial charge in [-0.15, -0.1) is 11.8 Å². The van der Waals surface area contributed by atoms with Gasteiger partial charge in [0, 0.05) is 22.4 Å². The smallest absolute Gasteiger partial charge is 0.167 e. The van der Waals surface area contributed by atoms with E-state index in [0.29, 0.717) is 5.56 Å². The van der Waals surface area contributed by atoms with Crippen molar-refractivity contribution in [3.05, 3.63) is 63.6 Å². The fraction of sp³-hybridized carbons (Fsp3) is 0.133. The zero-order valence-corrected chi connectivity index (χ0v) is 13.0. The van der Waals surface area contributed by atoms with E-state index >= 15 is 0 Å². The van der Waals surface area contributed by atoms with Crippen LogP contribution in [0.3, 0.4) is 0 Å². The van der Waals surface area contributed by atoms with Crippen LogP contribution in [0.5, 0.6) is 0 Å². The molecular formula is C15H11BrF2OS. The number of halogens is 3. The topological polar surface area (TPSA) is 17.1 Å². The number of ketones is 1. The number of hydrogen-bond donors (Lipinski definition) is 0. The van der Waals surface area contributed by atoms with Gasteiger partial charge >= 0.3 is 0 Å². The molecule has 0 saturated carbocycles. The summed E-state index contributed by atoms with van der Waals surface area (Å²) in [6.45, 7) is 0. The molecule has 0 N–H and O–H groups in total. The van der Waals surface area contributed by atoms with Gasteiger partial charge in [-0.05, 0) is 46.5 Å². The molecule has 0 fully saturated rings. The van der Waals surface area contributed by atoms with Crippen LogP contribution in [-0.2, 0) is 6.42 Å². The molecule has 2 rings (SSSR count). The van der Waals surface area contributed by atoms with Crippen molar-refractivity contribution >= 4 is 33.5 Å². The first-order valence-corrected chi connectivity index (χ1v) is 7.84. The van der Waals surface area contributed by atoms with Crippen molar-refractivity contribution in [1.29, 1.82) is 0 Å². The predicted molar refractivity (Wildman–Crippen MR) is 80.3 cm³/mol. The van der Waals surface area contributed by atoms with E-state index in [-0.39, 0.29) is 22.2 Å². The maximum atomic E-state index is 13.8. The van der Waals surface area contributed by atoms with Crippen LogP contribution in [-0.4, -0.2) is 12.0 Å². The lowest BCUT2D eigenvalue weighted by Crippen LogP contribution is -2.07. The first-order chi connectivity index (χ1) is 9.52. The zero-order valence-electron chi connectivity index (χ0n) is 10.6. The lowest BCUT2D eigenvalue weighted by Gasteiger charge is -2.06. The first kappa shape index (κ1) is 15.2. The maximum absolute atomic E-state index is 13.8. The summed E-state index contributed by atoms with van der Waals surface area (Å²) in [5.41, 5.74) is 0.236. The third-order valence-corrected chi connectivity index (χ3v) is 4.24. The molecule has 0 amide bonds. The van der Waals surface area contributed by atoms with E-state index in [9.17, 15) is 13.6 Å². The molecule has 0 atom stereocenters. The molecule has 20 heavy (non-hydrogen) atoms. The van der Waals surface area contributed by atoms with Crippen molar-refractivity contribution in [2.24, 2.45) is 0 Å². The number of hydrogen-bond acceptors (Lipinski definition) is 2. The predicted octanol–water partition coefficient (Wildman–Crippen LogP) is 4.87. The molecule has 0 bridgehead atoms. The Bertz CT molecular complexity index is 641. The second-order valence-corrected chi connectivity index (χ2v) is 5.88. The third kappa shape index (κ3) is 3.27. The van der Waals surface area contributed by atoms with Gasteiger partial charge in [0.1, 0.15) is 11.6 Å². The highest BCUT2D eigenvalue weighted by atomic mass is 79.9. The van der Waals surface area contributed by atoms with Gasteiger partial charge in [0.2, 0.25) is 0 Å². The molecule has 0 saturated heterocycles. The van der Waals surface area contributed by atoms with Gasteiger partial charge in [-0.25, -0.2) is 8.78 Å². The van der Waals surface area contributed by atoms with Crippen LogP contribution in [0.25, 0.3) is 0 Å². The summed E-state index contributed by atoms with van der Waals surface area (Å²) in [4.78, 5) is 13.1. The number of thioether (sulfide) groups is 1. The van der Waals surface area contributed by atoms with E-state index in [1.165, 1.54) is 6.07 Å². The Morgan fingerprint density at radius 1 is 1.15 bits per heavy atom. The fourth-order valence-corrected chi connectivity index (χ4v) is 2.55. The zero-order chi connectivity index (χ0) is 14.7. The van der Waals surface area contributed by atoms with Crippen LogP contribution >= 0.6 is 27.7 Å². The van der Waals surface area contributed by atoms with Gasteiger partial charge in [-0.1, -0.05) is 12.1 Å². The van der Waals surface area contributed by atoms with E-state index in [4.69, 9.17) is 0 Å². The number of carbonyl (C=O) groups is 1. The highest BCUT2D eigenvalue weighted by molar-refractivity contribution is 9.10. The van der Waals surface area contributed by atoms with Gasteiger partial charge < -0.3 is 0 Å². The lowest BCUT2D eigenvalue weighted by molar-refractivity contribution is 0.0990. The Morgan fingerprint density at radius 2 is 1.80 bits per heavy atom. The minimum Gasteiger partial charge on any atom is -0.294 e. The number of Topliss-reactive ketones (excluding diaryl/α,β-unsaturated/α-hetero) is 1. The van der Waals surface area contributed by atoms with E-state index in [1.807, 2.05) is 18.4 Å². The van der Waals surface area contributed by atoms with Gasteiger partial charge in [0.15, 0.2) is 5.78 Å². The summed E-state index contributed by atoms with van der Waals surface area (Å²) in [5, 5.41) is 0. The summed E-state index contributed by atoms with van der Waals surface area (Å²) in [6, 6.07) is 9.39. The molecular weight excluding hydrogens is 346 g/mol. The minimum atomic E-state index is -0.723. The molecule has 0 spiro atoms. The van der Waals surface area contributed by atoms with Crippen LogP contribution in [0.2, 0.25) is 0 Å². The quantitative estimate of drug-likeness (QED) is 0.441. The highest BCUT2D eigenvalue weighted by Crippen LogP contribution is 2.23. The largest absolute Gasteiger partial charge is 0.294 e. The molecule has 104 valence electrons. The molecule has 0 aliphatic heterocycles. The van der Waals surface area contributed by atoms with Crippen molar-refractivity contribution in [1.82, 2.24) is 0 Å². The second-order valence-electron chi connectivity index (χ2n) is 4.15. The van der Waals surface area contributed by atoms with Crippen LogP contribution in [0.15, 0.2) is 45.8 Å². The number of carbonyl (C=O) groups excluding carboxylic acids is 1. The summed E-state index contributed by atoms with van der Waals surface area (Å²) in [7, 11) is 0. The molecule has 0 radical (unpaired) electrons. The van der Waals surface area contributed by atoms with Crippen LogP contribution in [0, 0.1) is 11.6 Å². The van der Waals surface area contributed by atoms with Crippen molar-refractivity contribution in [3.8, 4) is 0 Å². The van der Waals surface area contributed by atoms with Crippen molar-refractivity contribution in [2.45, 2.75) is 11.3 Å². The van der Waals surface area contributed by atoms with Gasteiger partial charge in [0.25, 0.3) is 0 Å². The van der Waals surface area contributed by atoms with Gasteiger partial charge in [0.05, 0.1) is 4.47 Å². The average Bonchev–Trinajstić information content (AvgIpc) is 2.47. The van der Waals surface area contributed by atoms with Crippen LogP contribution in [0.4, 0.5) is 8.78 Å². The Balaban J connectivity index is 2.25. The fourth-order valence-electron chi connectivity index (χ4n) is 1.77. The summed E-state index contributed by atoms with van der Waals surface area (Å²) < 4.78 is 27.6. The molecule has 2 aromatic rings. The van der Waals surface area contributed by atoms with Crippen LogP contribution < -0.4 is 0 Å². The van der Waals surface area contributed by atoms with Gasteiger partial charge in [-0.2, -0.15) is 0 Å². The third-order valence-electron chi connectivity index (χ3n) is 2.89. The van der Waals surface area contributed by atoms with E-state index in [1.54, 1.807) is 23.9 Å². The highest BCUT2D eigenvalue weighted by Gasteiger charge is 2.16. The summed E-state index contributed by atoms with van der Waals surface area (Å²) >= 11 is 4.55. The molecule has 5 heteroatoms. The SMILES string of the molecule is CSc1ccc(C(=O)Cc2c(F)ccc(Br)c2F)cc1. The summed E-state index contributed by atoms with van der Waals surface area (Å²) in [5.74, 6) is -1.74. The molecule has 0 aromatic heterocycles. The van der Waals surface area contributed by atoms with Crippen molar-refractivity contribution < 1.29 is 13.6 Å². The molecule has 0 aliphatic rings. The van der Waals surface area contributed by atoms with Crippen LogP contribution in [0.1, 0.15) is 15.9 Å². The Kier molecular flexibility index (Phi) is 4.94.